The number of nitrogens with two attached hydrogens (primary N) is 2. The first kappa shape index (κ1) is 23.0. The quantitative estimate of drug-likeness (QED) is 0.472. The van der Waals surface area contributed by atoms with E-state index in [4.69, 9.17) is 11.5 Å². The van der Waals surface area contributed by atoms with Gasteiger partial charge in [0.05, 0.1) is 10.4 Å². The maximum absolute atomic E-state index is 14.7. The second-order valence-electron chi connectivity index (χ2n) is 7.23. The molecule has 1 saturated heterocycles. The molecule has 1 unspecified atom stereocenters. The molecule has 0 radical (unpaired) electrons. The van der Waals surface area contributed by atoms with Crippen molar-refractivity contribution < 1.29 is 18.0 Å². The number of benzene rings is 1. The Morgan fingerprint density at radius 3 is 2.45 bits per heavy atom. The lowest BCUT2D eigenvalue weighted by Gasteiger charge is -2.45. The van der Waals surface area contributed by atoms with Crippen LogP contribution in [0.15, 0.2) is 53.3 Å². The first-order valence-electron chi connectivity index (χ1n) is 9.29. The molecule has 1 heterocycles. The number of carbonyl (C=O) groups excluding carboxylic acids is 1. The number of nitrogens with one attached hydrogen (secondary N) is 1. The van der Waals surface area contributed by atoms with E-state index in [2.05, 4.69) is 5.32 Å². The number of alkyl halides is 2. The lowest BCUT2D eigenvalue weighted by Crippen LogP contribution is -2.52. The Hall–Kier alpha value is -2.29. The van der Waals surface area contributed by atoms with Crippen LogP contribution < -0.4 is 16.8 Å². The molecular formula is C20H27F3N4OS. The molecule has 9 heteroatoms. The van der Waals surface area contributed by atoms with Crippen molar-refractivity contribution in [1.82, 2.24) is 10.2 Å². The number of likely N-dealkylation sites (tertiary alicyclic amines) is 1. The molecule has 1 atom stereocenters. The number of piperidine rings is 1. The zero-order valence-electron chi connectivity index (χ0n) is 16.5. The Balaban J connectivity index is 2.09. The molecule has 5 N–H and O–H groups in total. The van der Waals surface area contributed by atoms with Crippen LogP contribution in [0.3, 0.4) is 0 Å². The number of nitrogens with zero attached hydrogens (tertiary/aromatic N) is 1. The Kier molecular flexibility index (Phi) is 7.51. The van der Waals surface area contributed by atoms with Crippen LogP contribution in [-0.2, 0) is 0 Å². The fourth-order valence-corrected chi connectivity index (χ4v) is 4.77. The zero-order valence-corrected chi connectivity index (χ0v) is 17.3. The molecule has 2 amide bonds. The van der Waals surface area contributed by atoms with E-state index >= 15 is 0 Å². The average Bonchev–Trinajstić information content (AvgIpc) is 2.66. The van der Waals surface area contributed by atoms with Crippen LogP contribution in [0.2, 0.25) is 0 Å². The molecule has 2 rings (SSSR count). The Bertz CT molecular complexity index is 773. The largest absolute Gasteiger partial charge is 0.405 e. The van der Waals surface area contributed by atoms with Crippen molar-refractivity contribution in [2.45, 2.75) is 42.3 Å². The third-order valence-corrected chi connectivity index (χ3v) is 6.87. The van der Waals surface area contributed by atoms with E-state index < -0.39 is 16.5 Å². The number of hydrogen-bond donors (Lipinski definition) is 3. The van der Waals surface area contributed by atoms with E-state index in [9.17, 15) is 18.0 Å². The van der Waals surface area contributed by atoms with Gasteiger partial charge in [-0.25, -0.2) is 18.0 Å². The van der Waals surface area contributed by atoms with Crippen LogP contribution in [0, 0.1) is 11.7 Å². The highest BCUT2D eigenvalue weighted by Gasteiger charge is 2.52. The number of rotatable bonds is 6. The SMILES string of the molecule is CC(F)(F)C(C)(Sc1cccc(F)c1)C1CCN(C(=O)NC(/C=C\N)=C/N)CC1. The van der Waals surface area contributed by atoms with Crippen LogP contribution in [-0.4, -0.2) is 34.7 Å². The number of allylic oxidation sites excluding steroid dienone is 1. The minimum Gasteiger partial charge on any atom is -0.405 e. The van der Waals surface area contributed by atoms with Gasteiger partial charge in [-0.1, -0.05) is 6.07 Å². The van der Waals surface area contributed by atoms with Crippen molar-refractivity contribution in [3.63, 3.8) is 0 Å². The van der Waals surface area contributed by atoms with Crippen LogP contribution >= 0.6 is 11.8 Å². The molecule has 0 spiro atoms. The smallest absolute Gasteiger partial charge is 0.321 e. The average molecular weight is 429 g/mol. The van der Waals surface area contributed by atoms with Gasteiger partial charge in [-0.15, -0.1) is 11.8 Å². The minimum absolute atomic E-state index is 0.329. The summed E-state index contributed by atoms with van der Waals surface area (Å²) < 4.78 is 41.4. The molecule has 5 nitrogen and oxygen atoms in total. The van der Waals surface area contributed by atoms with Gasteiger partial charge in [-0.2, -0.15) is 0 Å². The van der Waals surface area contributed by atoms with Crippen LogP contribution in [0.4, 0.5) is 18.0 Å². The second kappa shape index (κ2) is 9.47. The van der Waals surface area contributed by atoms with Crippen molar-refractivity contribution in [3.05, 3.63) is 54.3 Å². The molecular weight excluding hydrogens is 401 g/mol. The van der Waals surface area contributed by atoms with Crippen LogP contribution in [0.25, 0.3) is 0 Å². The first-order valence-corrected chi connectivity index (χ1v) is 10.1. The fraction of sp³-hybridized carbons (Fsp3) is 0.450. The van der Waals surface area contributed by atoms with Crippen LogP contribution in [0.5, 0.6) is 0 Å². The summed E-state index contributed by atoms with van der Waals surface area (Å²) >= 11 is 0.991. The molecule has 1 aliphatic rings. The van der Waals surface area contributed by atoms with Gasteiger partial charge in [0.25, 0.3) is 5.92 Å². The standard InChI is InChI=1S/C20H27F3N4OS/c1-19(20(2,22)23,29-17-5-3-4-15(21)12-17)14-7-10-27(11-8-14)18(28)26-16(13-25)6-9-24/h3-6,9,12-14H,7-8,10-11,24-25H2,1-2H3,(H,26,28)/b9-6-,16-13+. The summed E-state index contributed by atoms with van der Waals surface area (Å²) in [5, 5.41) is 2.63. The summed E-state index contributed by atoms with van der Waals surface area (Å²) in [6, 6.07) is 5.33. The van der Waals surface area contributed by atoms with Gasteiger partial charge >= 0.3 is 6.03 Å². The second-order valence-corrected chi connectivity index (χ2v) is 8.75. The predicted molar refractivity (Wildman–Crippen MR) is 110 cm³/mol. The highest BCUT2D eigenvalue weighted by atomic mass is 32.2. The highest BCUT2D eigenvalue weighted by molar-refractivity contribution is 8.00. The maximum atomic E-state index is 14.7. The number of halogens is 3. The number of thioether (sulfide) groups is 1. The number of carbonyl (C=O) groups is 1. The van der Waals surface area contributed by atoms with Gasteiger partial charge in [0.1, 0.15) is 5.82 Å². The molecule has 0 aromatic heterocycles. The lowest BCUT2D eigenvalue weighted by atomic mass is 9.81. The van der Waals surface area contributed by atoms with Crippen molar-refractivity contribution in [2.75, 3.05) is 13.1 Å². The van der Waals surface area contributed by atoms with Crippen molar-refractivity contribution >= 4 is 17.8 Å². The highest BCUT2D eigenvalue weighted by Crippen LogP contribution is 2.51. The predicted octanol–water partition coefficient (Wildman–Crippen LogP) is 4.03. The molecule has 0 saturated carbocycles. The van der Waals surface area contributed by atoms with E-state index in [1.165, 1.54) is 43.6 Å². The monoisotopic (exact) mass is 428 g/mol. The van der Waals surface area contributed by atoms with Gasteiger partial charge in [0, 0.05) is 31.1 Å². The summed E-state index contributed by atoms with van der Waals surface area (Å²) in [7, 11) is 0. The van der Waals surface area contributed by atoms with E-state index in [-0.39, 0.29) is 11.9 Å². The maximum Gasteiger partial charge on any atom is 0.321 e. The number of amides is 2. The molecule has 160 valence electrons. The van der Waals surface area contributed by atoms with Gasteiger partial charge in [0.2, 0.25) is 0 Å². The Morgan fingerprint density at radius 1 is 1.28 bits per heavy atom. The third-order valence-electron chi connectivity index (χ3n) is 5.27. The summed E-state index contributed by atoms with van der Waals surface area (Å²) in [5.74, 6) is -3.81. The van der Waals surface area contributed by atoms with Crippen molar-refractivity contribution in [2.24, 2.45) is 17.4 Å². The molecule has 29 heavy (non-hydrogen) atoms. The minimum atomic E-state index is -3.00. The molecule has 1 fully saturated rings. The summed E-state index contributed by atoms with van der Waals surface area (Å²) in [4.78, 5) is 14.4. The number of hydrogen-bond acceptors (Lipinski definition) is 4. The first-order chi connectivity index (χ1) is 13.6. The molecule has 1 aliphatic heterocycles. The Morgan fingerprint density at radius 2 is 1.93 bits per heavy atom. The van der Waals surface area contributed by atoms with Gasteiger partial charge in [-0.3, -0.25) is 0 Å². The fourth-order valence-electron chi connectivity index (χ4n) is 3.39. The molecule has 1 aromatic rings. The van der Waals surface area contributed by atoms with E-state index in [1.807, 2.05) is 0 Å². The van der Waals surface area contributed by atoms with Gasteiger partial charge in [-0.05, 0) is 56.2 Å². The van der Waals surface area contributed by atoms with Crippen molar-refractivity contribution in [3.8, 4) is 0 Å². The van der Waals surface area contributed by atoms with Gasteiger partial charge in [0.15, 0.2) is 0 Å². The van der Waals surface area contributed by atoms with E-state index in [0.29, 0.717) is 36.5 Å². The number of urea groups is 1. The lowest BCUT2D eigenvalue weighted by molar-refractivity contribution is -0.0432. The normalized spacial score (nSPS) is 18.7. The summed E-state index contributed by atoms with van der Waals surface area (Å²) in [6.07, 6.45) is 4.74. The summed E-state index contributed by atoms with van der Waals surface area (Å²) in [6.45, 7) is 3.08. The topological polar surface area (TPSA) is 84.4 Å². The van der Waals surface area contributed by atoms with Crippen molar-refractivity contribution in [1.29, 1.82) is 0 Å². The Labute approximate surface area is 173 Å². The van der Waals surface area contributed by atoms with E-state index in [1.54, 1.807) is 11.0 Å². The van der Waals surface area contributed by atoms with Gasteiger partial charge < -0.3 is 21.7 Å². The molecule has 0 bridgehead atoms. The third kappa shape index (κ3) is 5.62. The van der Waals surface area contributed by atoms with Crippen LogP contribution in [0.1, 0.15) is 26.7 Å². The summed E-state index contributed by atoms with van der Waals surface area (Å²) in [5.41, 5.74) is 11.1. The zero-order chi connectivity index (χ0) is 21.7. The molecule has 0 aliphatic carbocycles. The molecule has 1 aromatic carbocycles. The van der Waals surface area contributed by atoms with E-state index in [0.717, 1.165) is 18.7 Å².